The Morgan fingerprint density at radius 3 is 2.47 bits per heavy atom. The summed E-state index contributed by atoms with van der Waals surface area (Å²) >= 11 is 0. The molecule has 0 saturated carbocycles. The van der Waals surface area contributed by atoms with Crippen LogP contribution in [0, 0.1) is 23.7 Å². The molecule has 0 amide bonds. The van der Waals surface area contributed by atoms with Gasteiger partial charge in [-0.05, 0) is 31.4 Å². The van der Waals surface area contributed by atoms with Crippen LogP contribution in [-0.2, 0) is 13.6 Å². The average Bonchev–Trinajstić information content (AvgIpc) is 2.72. The third kappa shape index (κ3) is 3.37. The molecule has 4 nitrogen and oxygen atoms in total. The molecule has 0 aliphatic rings. The van der Waals surface area contributed by atoms with Crippen molar-refractivity contribution in [2.45, 2.75) is 40.2 Å². The maximum atomic E-state index is 9.53. The van der Waals surface area contributed by atoms with Gasteiger partial charge in [-0.15, -0.1) is 0 Å². The number of aliphatic hydroxyl groups excluding tert-OH is 1. The Kier molecular flexibility index (Phi) is 5.59. The second-order valence-corrected chi connectivity index (χ2v) is 5.28. The second-order valence-electron chi connectivity index (χ2n) is 5.28. The Morgan fingerprint density at radius 2 is 2.05 bits per heavy atom. The highest BCUT2D eigenvalue weighted by Crippen LogP contribution is 2.24. The summed E-state index contributed by atoms with van der Waals surface area (Å²) in [7, 11) is 1.91. The number of nitrogens with zero attached hydrogens (tertiary/aromatic N) is 2. The SMILES string of the molecule is CCC(CC)(CO)CNCc1cc(C#N)n(C)c1C. The molecule has 0 bridgehead atoms. The number of hydrogen-bond donors (Lipinski definition) is 2. The Balaban J connectivity index is 2.66. The molecule has 0 radical (unpaired) electrons. The minimum absolute atomic E-state index is 0.0270. The van der Waals surface area contributed by atoms with Gasteiger partial charge in [-0.3, -0.25) is 0 Å². The van der Waals surface area contributed by atoms with E-state index in [0.717, 1.165) is 37.2 Å². The molecule has 1 rings (SSSR count). The van der Waals surface area contributed by atoms with Crippen molar-refractivity contribution in [1.82, 2.24) is 9.88 Å². The average molecular weight is 263 g/mol. The summed E-state index contributed by atoms with van der Waals surface area (Å²) in [5, 5.41) is 21.9. The number of nitriles is 1. The van der Waals surface area contributed by atoms with Crippen LogP contribution < -0.4 is 5.32 Å². The molecule has 0 aliphatic heterocycles. The summed E-state index contributed by atoms with van der Waals surface area (Å²) in [4.78, 5) is 0. The van der Waals surface area contributed by atoms with E-state index in [9.17, 15) is 5.11 Å². The molecule has 0 atom stereocenters. The van der Waals surface area contributed by atoms with Crippen LogP contribution in [0.5, 0.6) is 0 Å². The van der Waals surface area contributed by atoms with E-state index in [2.05, 4.69) is 25.2 Å². The highest BCUT2D eigenvalue weighted by Gasteiger charge is 2.24. The third-order valence-electron chi connectivity index (χ3n) is 4.41. The standard InChI is InChI=1S/C15H25N3O/c1-5-15(6-2,11-19)10-17-9-13-7-14(8-16)18(4)12(13)3/h7,17,19H,5-6,9-11H2,1-4H3. The van der Waals surface area contributed by atoms with E-state index in [1.54, 1.807) is 0 Å². The number of rotatable bonds is 7. The fourth-order valence-corrected chi connectivity index (χ4v) is 2.29. The smallest absolute Gasteiger partial charge is 0.120 e. The van der Waals surface area contributed by atoms with Gasteiger partial charge >= 0.3 is 0 Å². The summed E-state index contributed by atoms with van der Waals surface area (Å²) in [5.41, 5.74) is 2.93. The summed E-state index contributed by atoms with van der Waals surface area (Å²) in [5.74, 6) is 0. The van der Waals surface area contributed by atoms with Crippen LogP contribution >= 0.6 is 0 Å². The van der Waals surface area contributed by atoms with Crippen LogP contribution in [0.15, 0.2) is 6.07 Å². The number of aliphatic hydroxyl groups is 1. The van der Waals surface area contributed by atoms with Crippen molar-refractivity contribution >= 4 is 0 Å². The summed E-state index contributed by atoms with van der Waals surface area (Å²) in [6.45, 7) is 8.00. The summed E-state index contributed by atoms with van der Waals surface area (Å²) < 4.78 is 1.91. The number of aromatic nitrogens is 1. The minimum Gasteiger partial charge on any atom is -0.396 e. The predicted octanol–water partition coefficient (Wildman–Crippen LogP) is 2.09. The number of hydrogen-bond acceptors (Lipinski definition) is 3. The van der Waals surface area contributed by atoms with E-state index in [1.807, 2.05) is 24.6 Å². The van der Waals surface area contributed by atoms with Gasteiger partial charge < -0.3 is 15.0 Å². The topological polar surface area (TPSA) is 61.0 Å². The van der Waals surface area contributed by atoms with E-state index in [1.165, 1.54) is 0 Å². The Labute approximate surface area is 116 Å². The molecule has 106 valence electrons. The summed E-state index contributed by atoms with van der Waals surface area (Å²) in [6, 6.07) is 4.12. The third-order valence-corrected chi connectivity index (χ3v) is 4.41. The fraction of sp³-hybridized carbons (Fsp3) is 0.667. The van der Waals surface area contributed by atoms with Crippen molar-refractivity contribution in [1.29, 1.82) is 5.26 Å². The van der Waals surface area contributed by atoms with Crippen molar-refractivity contribution in [3.8, 4) is 6.07 Å². The van der Waals surface area contributed by atoms with Gasteiger partial charge in [0.15, 0.2) is 0 Å². The van der Waals surface area contributed by atoms with Gasteiger partial charge in [-0.25, -0.2) is 0 Å². The quantitative estimate of drug-likeness (QED) is 0.792. The van der Waals surface area contributed by atoms with Crippen LogP contribution in [0.1, 0.15) is 43.6 Å². The summed E-state index contributed by atoms with van der Waals surface area (Å²) in [6.07, 6.45) is 1.93. The first-order valence-corrected chi connectivity index (χ1v) is 6.90. The van der Waals surface area contributed by atoms with Gasteiger partial charge in [0.1, 0.15) is 11.8 Å². The van der Waals surface area contributed by atoms with Crippen molar-refractivity contribution in [3.63, 3.8) is 0 Å². The van der Waals surface area contributed by atoms with Crippen molar-refractivity contribution in [3.05, 3.63) is 23.0 Å². The monoisotopic (exact) mass is 263 g/mol. The van der Waals surface area contributed by atoms with Gasteiger partial charge in [0.25, 0.3) is 0 Å². The zero-order valence-electron chi connectivity index (χ0n) is 12.5. The Hall–Kier alpha value is -1.31. The lowest BCUT2D eigenvalue weighted by atomic mass is 9.83. The largest absolute Gasteiger partial charge is 0.396 e. The molecule has 0 spiro atoms. The predicted molar refractivity (Wildman–Crippen MR) is 76.7 cm³/mol. The molecule has 0 aromatic carbocycles. The van der Waals surface area contributed by atoms with Crippen molar-refractivity contribution < 1.29 is 5.11 Å². The molecular formula is C15H25N3O. The van der Waals surface area contributed by atoms with Gasteiger partial charge in [-0.1, -0.05) is 13.8 Å². The lowest BCUT2D eigenvalue weighted by molar-refractivity contribution is 0.113. The fourth-order valence-electron chi connectivity index (χ4n) is 2.29. The Bertz CT molecular complexity index is 444. The van der Waals surface area contributed by atoms with Crippen LogP contribution in [-0.4, -0.2) is 22.8 Å². The molecule has 1 aromatic heterocycles. The highest BCUT2D eigenvalue weighted by molar-refractivity contribution is 5.34. The van der Waals surface area contributed by atoms with E-state index < -0.39 is 0 Å². The number of nitrogens with one attached hydrogen (secondary N) is 1. The molecule has 4 heteroatoms. The van der Waals surface area contributed by atoms with E-state index >= 15 is 0 Å². The van der Waals surface area contributed by atoms with Crippen LogP contribution in [0.4, 0.5) is 0 Å². The highest BCUT2D eigenvalue weighted by atomic mass is 16.3. The molecule has 1 aromatic rings. The molecule has 0 unspecified atom stereocenters. The van der Waals surface area contributed by atoms with Gasteiger partial charge in [-0.2, -0.15) is 5.26 Å². The molecule has 0 fully saturated rings. The minimum atomic E-state index is -0.0270. The molecule has 0 aliphatic carbocycles. The van der Waals surface area contributed by atoms with E-state index in [4.69, 9.17) is 5.26 Å². The van der Waals surface area contributed by atoms with E-state index in [-0.39, 0.29) is 12.0 Å². The lowest BCUT2D eigenvalue weighted by Crippen LogP contribution is -2.36. The van der Waals surface area contributed by atoms with Crippen molar-refractivity contribution in [2.24, 2.45) is 12.5 Å². The van der Waals surface area contributed by atoms with Gasteiger partial charge in [0, 0.05) is 37.9 Å². The first-order chi connectivity index (χ1) is 9.03. The molecule has 1 heterocycles. The maximum Gasteiger partial charge on any atom is 0.120 e. The molecule has 2 N–H and O–H groups in total. The van der Waals surface area contributed by atoms with Crippen LogP contribution in [0.3, 0.4) is 0 Å². The first kappa shape index (κ1) is 15.7. The van der Waals surface area contributed by atoms with Crippen LogP contribution in [0.25, 0.3) is 0 Å². The first-order valence-electron chi connectivity index (χ1n) is 6.90. The van der Waals surface area contributed by atoms with Crippen molar-refractivity contribution in [2.75, 3.05) is 13.2 Å². The maximum absolute atomic E-state index is 9.53. The normalized spacial score (nSPS) is 11.6. The molecular weight excluding hydrogens is 238 g/mol. The molecule has 19 heavy (non-hydrogen) atoms. The van der Waals surface area contributed by atoms with Gasteiger partial charge in [0.05, 0.1) is 0 Å². The molecule has 0 saturated heterocycles. The second kappa shape index (κ2) is 6.74. The zero-order valence-corrected chi connectivity index (χ0v) is 12.5. The van der Waals surface area contributed by atoms with E-state index in [0.29, 0.717) is 5.69 Å². The zero-order chi connectivity index (χ0) is 14.5. The Morgan fingerprint density at radius 1 is 1.42 bits per heavy atom. The van der Waals surface area contributed by atoms with Crippen LogP contribution in [0.2, 0.25) is 0 Å². The van der Waals surface area contributed by atoms with Gasteiger partial charge in [0.2, 0.25) is 0 Å². The lowest BCUT2D eigenvalue weighted by Gasteiger charge is -2.29.